The Balaban J connectivity index is 2.51. The molecule has 0 aliphatic carbocycles. The summed E-state index contributed by atoms with van der Waals surface area (Å²) in [7, 11) is 0. The summed E-state index contributed by atoms with van der Waals surface area (Å²) in [5.41, 5.74) is 6.06. The Bertz CT molecular complexity index is 323. The highest BCUT2D eigenvalue weighted by atomic mass is 19.4. The summed E-state index contributed by atoms with van der Waals surface area (Å²) in [4.78, 5) is 0. The van der Waals surface area contributed by atoms with E-state index in [1.165, 1.54) is 4.68 Å². The van der Waals surface area contributed by atoms with Crippen molar-refractivity contribution in [3.63, 3.8) is 0 Å². The quantitative estimate of drug-likeness (QED) is 0.827. The molecule has 2 N–H and O–H groups in total. The lowest BCUT2D eigenvalue weighted by atomic mass is 10.3. The van der Waals surface area contributed by atoms with Gasteiger partial charge in [-0.2, -0.15) is 0 Å². The lowest BCUT2D eigenvalue weighted by Crippen LogP contribution is -2.18. The number of ether oxygens (including phenoxy) is 1. The number of nitrogen functional groups attached to an aromatic ring is 1. The molecule has 0 unspecified atom stereocenters. The van der Waals surface area contributed by atoms with Crippen LogP contribution in [0.2, 0.25) is 0 Å². The predicted octanol–water partition coefficient (Wildman–Crippen LogP) is 0.959. The second-order valence-corrected chi connectivity index (χ2v) is 2.79. The maximum atomic E-state index is 11.7. The summed E-state index contributed by atoms with van der Waals surface area (Å²) in [5, 5.41) is 7.16. The van der Waals surface area contributed by atoms with Crippen LogP contribution in [0.5, 0.6) is 0 Å². The van der Waals surface area contributed by atoms with E-state index in [0.29, 0.717) is 12.1 Å². The van der Waals surface area contributed by atoms with Crippen molar-refractivity contribution in [2.45, 2.75) is 26.3 Å². The van der Waals surface area contributed by atoms with E-state index in [2.05, 4.69) is 15.0 Å². The van der Waals surface area contributed by atoms with Crippen molar-refractivity contribution in [3.8, 4) is 0 Å². The maximum Gasteiger partial charge on any atom is 0.522 e. The van der Waals surface area contributed by atoms with Crippen LogP contribution in [-0.2, 0) is 17.7 Å². The normalized spacial score (nSPS) is 12.0. The van der Waals surface area contributed by atoms with Gasteiger partial charge in [-0.05, 0) is 6.42 Å². The van der Waals surface area contributed by atoms with Crippen LogP contribution < -0.4 is 5.73 Å². The van der Waals surface area contributed by atoms with Gasteiger partial charge in [-0.1, -0.05) is 12.1 Å². The highest BCUT2D eigenvalue weighted by Crippen LogP contribution is 2.16. The second-order valence-electron chi connectivity index (χ2n) is 2.79. The van der Waals surface area contributed by atoms with E-state index in [9.17, 15) is 13.2 Å². The van der Waals surface area contributed by atoms with E-state index in [-0.39, 0.29) is 12.4 Å². The molecule has 1 aromatic rings. The third-order valence-corrected chi connectivity index (χ3v) is 1.77. The molecule has 0 amide bonds. The van der Waals surface area contributed by atoms with Crippen molar-refractivity contribution in [1.82, 2.24) is 15.0 Å². The number of hydrogen-bond donors (Lipinski definition) is 1. The number of rotatable bonds is 4. The number of halogens is 3. The summed E-state index contributed by atoms with van der Waals surface area (Å²) < 4.78 is 39.9. The number of hydrogen-bond acceptors (Lipinski definition) is 4. The Morgan fingerprint density at radius 3 is 2.67 bits per heavy atom. The van der Waals surface area contributed by atoms with Gasteiger partial charge in [0.1, 0.15) is 0 Å². The van der Waals surface area contributed by atoms with Crippen LogP contribution in [0.3, 0.4) is 0 Å². The molecule has 0 spiro atoms. The van der Waals surface area contributed by atoms with Gasteiger partial charge in [0.25, 0.3) is 0 Å². The molecule has 8 heteroatoms. The van der Waals surface area contributed by atoms with Crippen molar-refractivity contribution < 1.29 is 17.9 Å². The van der Waals surface area contributed by atoms with Crippen molar-refractivity contribution in [1.29, 1.82) is 0 Å². The first-order chi connectivity index (χ1) is 6.94. The molecular formula is C7H11F3N4O. The van der Waals surface area contributed by atoms with E-state index >= 15 is 0 Å². The zero-order chi connectivity index (χ0) is 11.5. The van der Waals surface area contributed by atoms with E-state index < -0.39 is 13.0 Å². The molecular weight excluding hydrogens is 213 g/mol. The molecule has 0 aromatic carbocycles. The smallest absolute Gasteiger partial charge is 0.381 e. The molecule has 15 heavy (non-hydrogen) atoms. The SMILES string of the molecule is CCc1c(N)nnn1CCOC(F)(F)F. The zero-order valence-corrected chi connectivity index (χ0v) is 8.08. The van der Waals surface area contributed by atoms with Gasteiger partial charge in [0, 0.05) is 0 Å². The van der Waals surface area contributed by atoms with E-state index in [4.69, 9.17) is 5.73 Å². The fourth-order valence-electron chi connectivity index (χ4n) is 1.14. The van der Waals surface area contributed by atoms with E-state index in [1.54, 1.807) is 0 Å². The Labute approximate surface area is 84.0 Å². The van der Waals surface area contributed by atoms with Crippen LogP contribution in [0.4, 0.5) is 19.0 Å². The molecule has 86 valence electrons. The number of aromatic nitrogens is 3. The highest BCUT2D eigenvalue weighted by molar-refractivity contribution is 5.32. The lowest BCUT2D eigenvalue weighted by molar-refractivity contribution is -0.325. The zero-order valence-electron chi connectivity index (χ0n) is 8.08. The van der Waals surface area contributed by atoms with Crippen LogP contribution in [0.15, 0.2) is 0 Å². The topological polar surface area (TPSA) is 66.0 Å². The van der Waals surface area contributed by atoms with Crippen molar-refractivity contribution in [3.05, 3.63) is 5.69 Å². The van der Waals surface area contributed by atoms with Gasteiger partial charge in [-0.15, -0.1) is 18.3 Å². The Hall–Kier alpha value is -1.31. The molecule has 0 aliphatic heterocycles. The van der Waals surface area contributed by atoms with Gasteiger partial charge in [-0.3, -0.25) is 4.74 Å². The van der Waals surface area contributed by atoms with Crippen molar-refractivity contribution >= 4 is 5.82 Å². The van der Waals surface area contributed by atoms with Gasteiger partial charge in [0.05, 0.1) is 18.8 Å². The average Bonchev–Trinajstić information content (AvgIpc) is 2.44. The van der Waals surface area contributed by atoms with Gasteiger partial charge < -0.3 is 5.73 Å². The summed E-state index contributed by atoms with van der Waals surface area (Å²) in [6.45, 7) is 1.29. The predicted molar refractivity (Wildman–Crippen MR) is 45.8 cm³/mol. The molecule has 0 atom stereocenters. The summed E-state index contributed by atoms with van der Waals surface area (Å²) in [6, 6.07) is 0. The van der Waals surface area contributed by atoms with Gasteiger partial charge in [0.15, 0.2) is 5.82 Å². The highest BCUT2D eigenvalue weighted by Gasteiger charge is 2.28. The Morgan fingerprint density at radius 2 is 2.13 bits per heavy atom. The third-order valence-electron chi connectivity index (χ3n) is 1.77. The number of anilines is 1. The number of nitrogens with two attached hydrogens (primary N) is 1. The molecule has 0 saturated carbocycles. The van der Waals surface area contributed by atoms with Gasteiger partial charge >= 0.3 is 6.36 Å². The first kappa shape index (κ1) is 11.8. The minimum absolute atomic E-state index is 0.0209. The molecule has 1 heterocycles. The van der Waals surface area contributed by atoms with Gasteiger partial charge in [0.2, 0.25) is 0 Å². The van der Waals surface area contributed by atoms with Crippen molar-refractivity contribution in [2.24, 2.45) is 0 Å². The molecule has 0 aliphatic rings. The number of alkyl halides is 3. The molecule has 0 radical (unpaired) electrons. The first-order valence-corrected chi connectivity index (χ1v) is 4.32. The van der Waals surface area contributed by atoms with Crippen LogP contribution >= 0.6 is 0 Å². The average molecular weight is 224 g/mol. The first-order valence-electron chi connectivity index (χ1n) is 4.32. The Kier molecular flexibility index (Phi) is 3.51. The summed E-state index contributed by atoms with van der Waals surface area (Å²) in [5.74, 6) is 0.240. The molecule has 0 fully saturated rings. The molecule has 0 bridgehead atoms. The van der Waals surface area contributed by atoms with Crippen molar-refractivity contribution in [2.75, 3.05) is 12.3 Å². The third kappa shape index (κ3) is 3.39. The van der Waals surface area contributed by atoms with Crippen LogP contribution in [-0.4, -0.2) is 28.0 Å². The Morgan fingerprint density at radius 1 is 1.47 bits per heavy atom. The van der Waals surface area contributed by atoms with Gasteiger partial charge in [-0.25, -0.2) is 4.68 Å². The van der Waals surface area contributed by atoms with E-state index in [1.807, 2.05) is 6.92 Å². The molecule has 5 nitrogen and oxygen atoms in total. The minimum Gasteiger partial charge on any atom is -0.381 e. The molecule has 1 rings (SSSR count). The minimum atomic E-state index is -4.61. The second kappa shape index (κ2) is 4.47. The standard InChI is InChI=1S/C7H11F3N4O/c1-2-5-6(11)12-13-14(5)3-4-15-7(8,9)10/h2-4,11H2,1H3. The fraction of sp³-hybridized carbons (Fsp3) is 0.714. The van der Waals surface area contributed by atoms with Crippen LogP contribution in [0, 0.1) is 0 Å². The molecule has 1 aromatic heterocycles. The van der Waals surface area contributed by atoms with E-state index in [0.717, 1.165) is 0 Å². The monoisotopic (exact) mass is 224 g/mol. The number of nitrogens with zero attached hydrogens (tertiary/aromatic N) is 3. The lowest BCUT2D eigenvalue weighted by Gasteiger charge is -2.08. The molecule has 0 saturated heterocycles. The van der Waals surface area contributed by atoms with Crippen LogP contribution in [0.25, 0.3) is 0 Å². The largest absolute Gasteiger partial charge is 0.522 e. The van der Waals surface area contributed by atoms with Crippen LogP contribution in [0.1, 0.15) is 12.6 Å². The summed E-state index contributed by atoms with van der Waals surface area (Å²) >= 11 is 0. The fourth-order valence-corrected chi connectivity index (χ4v) is 1.14. The maximum absolute atomic E-state index is 11.7. The summed E-state index contributed by atoms with van der Waals surface area (Å²) in [6.07, 6.45) is -4.05.